The number of nitrogens with one attached hydrogen (secondary N) is 1. The number of carbonyl (C=O) groups excluding carboxylic acids is 1. The molecular weight excluding hydrogens is 295 g/mol. The number of halogens is 1. The summed E-state index contributed by atoms with van der Waals surface area (Å²) in [6.07, 6.45) is 1.01. The predicted octanol–water partition coefficient (Wildman–Crippen LogP) is 1.20. The molecule has 0 radical (unpaired) electrons. The Hall–Kier alpha value is -1.63. The fourth-order valence-electron chi connectivity index (χ4n) is 2.38. The average molecular weight is 314 g/mol. The van der Waals surface area contributed by atoms with Gasteiger partial charge in [-0.05, 0) is 30.5 Å². The van der Waals surface area contributed by atoms with Crippen molar-refractivity contribution in [2.45, 2.75) is 18.9 Å². The summed E-state index contributed by atoms with van der Waals surface area (Å²) in [5.74, 6) is -0.133. The van der Waals surface area contributed by atoms with Crippen molar-refractivity contribution in [1.82, 2.24) is 10.2 Å². The molecule has 7 heteroatoms. The lowest BCUT2D eigenvalue weighted by Crippen LogP contribution is -2.44. The second-order valence-corrected chi connectivity index (χ2v) is 7.51. The number of benzene rings is 1. The molecule has 0 saturated carbocycles. The molecule has 1 atom stereocenters. The van der Waals surface area contributed by atoms with E-state index in [4.69, 9.17) is 0 Å². The molecule has 5 nitrogen and oxygen atoms in total. The Morgan fingerprint density at radius 3 is 2.86 bits per heavy atom. The summed E-state index contributed by atoms with van der Waals surface area (Å²) in [4.78, 5) is 13.4. The Labute approximate surface area is 124 Å². The number of hydrogen-bond donors (Lipinski definition) is 1. The van der Waals surface area contributed by atoms with Crippen molar-refractivity contribution in [3.63, 3.8) is 0 Å². The minimum absolute atomic E-state index is 0.0286. The van der Waals surface area contributed by atoms with Crippen LogP contribution < -0.4 is 5.32 Å². The number of nitrogens with zero attached hydrogens (tertiary/aromatic N) is 1. The zero-order valence-electron chi connectivity index (χ0n) is 11.9. The molecule has 1 N–H and O–H groups in total. The Bertz CT molecular complexity index is 618. The first-order valence-corrected chi connectivity index (χ1v) is 8.65. The van der Waals surface area contributed by atoms with Gasteiger partial charge in [0.1, 0.15) is 5.82 Å². The van der Waals surface area contributed by atoms with Gasteiger partial charge in [-0.3, -0.25) is 0 Å². The summed E-state index contributed by atoms with van der Waals surface area (Å²) in [5.41, 5.74) is 0.807. The first-order chi connectivity index (χ1) is 9.87. The minimum Gasteiger partial charge on any atom is -0.338 e. The third kappa shape index (κ3) is 4.42. The third-order valence-corrected chi connectivity index (χ3v) is 5.41. The number of amides is 2. The van der Waals surface area contributed by atoms with Gasteiger partial charge in [0.15, 0.2) is 9.84 Å². The predicted molar refractivity (Wildman–Crippen MR) is 78.3 cm³/mol. The standard InChI is InChI=1S/C14H19FN2O3S/c1-17(13-6-8-21(19,20)10-13)14(18)16-7-5-11-3-2-4-12(15)9-11/h2-4,9,13H,5-8,10H2,1H3,(H,16,18)/t13-/m0/s1. The Balaban J connectivity index is 1.79. The van der Waals surface area contributed by atoms with Gasteiger partial charge in [0.05, 0.1) is 11.5 Å². The maximum atomic E-state index is 13.0. The van der Waals surface area contributed by atoms with Crippen LogP contribution in [0.1, 0.15) is 12.0 Å². The van der Waals surface area contributed by atoms with Crippen LogP contribution in [0.5, 0.6) is 0 Å². The van der Waals surface area contributed by atoms with Crippen LogP contribution in [-0.2, 0) is 16.3 Å². The van der Waals surface area contributed by atoms with E-state index in [2.05, 4.69) is 5.32 Å². The van der Waals surface area contributed by atoms with Crippen molar-refractivity contribution in [3.8, 4) is 0 Å². The van der Waals surface area contributed by atoms with Gasteiger partial charge in [0.2, 0.25) is 0 Å². The zero-order chi connectivity index (χ0) is 15.5. The highest BCUT2D eigenvalue weighted by Gasteiger charge is 2.32. The highest BCUT2D eigenvalue weighted by Crippen LogP contribution is 2.16. The molecule has 0 aromatic heterocycles. The molecule has 1 aliphatic rings. The molecule has 0 spiro atoms. The van der Waals surface area contributed by atoms with Crippen molar-refractivity contribution in [2.24, 2.45) is 0 Å². The fourth-order valence-corrected chi connectivity index (χ4v) is 4.15. The summed E-state index contributed by atoms with van der Waals surface area (Å²) < 4.78 is 35.8. The summed E-state index contributed by atoms with van der Waals surface area (Å²) in [6.45, 7) is 0.381. The third-order valence-electron chi connectivity index (χ3n) is 3.66. The number of hydrogen-bond acceptors (Lipinski definition) is 3. The van der Waals surface area contributed by atoms with Crippen molar-refractivity contribution >= 4 is 15.9 Å². The largest absolute Gasteiger partial charge is 0.338 e. The van der Waals surface area contributed by atoms with Crippen LogP contribution in [0.2, 0.25) is 0 Å². The van der Waals surface area contributed by atoms with E-state index in [1.807, 2.05) is 0 Å². The van der Waals surface area contributed by atoms with Crippen LogP contribution in [0.25, 0.3) is 0 Å². The highest BCUT2D eigenvalue weighted by atomic mass is 32.2. The molecule has 0 aliphatic carbocycles. The minimum atomic E-state index is -3.01. The molecule has 1 heterocycles. The van der Waals surface area contributed by atoms with Crippen LogP contribution in [0, 0.1) is 5.82 Å². The second-order valence-electron chi connectivity index (χ2n) is 5.28. The van der Waals surface area contributed by atoms with Crippen LogP contribution >= 0.6 is 0 Å². The van der Waals surface area contributed by atoms with Crippen molar-refractivity contribution in [1.29, 1.82) is 0 Å². The van der Waals surface area contributed by atoms with Gasteiger partial charge in [0, 0.05) is 19.6 Å². The fraction of sp³-hybridized carbons (Fsp3) is 0.500. The molecule has 1 fully saturated rings. The Morgan fingerprint density at radius 2 is 2.24 bits per heavy atom. The van der Waals surface area contributed by atoms with E-state index >= 15 is 0 Å². The molecule has 116 valence electrons. The van der Waals surface area contributed by atoms with Crippen molar-refractivity contribution < 1.29 is 17.6 Å². The molecule has 1 aliphatic heterocycles. The van der Waals surface area contributed by atoms with Gasteiger partial charge in [-0.25, -0.2) is 17.6 Å². The van der Waals surface area contributed by atoms with Crippen LogP contribution in [0.3, 0.4) is 0 Å². The lowest BCUT2D eigenvalue weighted by Gasteiger charge is -2.23. The van der Waals surface area contributed by atoms with Gasteiger partial charge in [-0.1, -0.05) is 12.1 Å². The smallest absolute Gasteiger partial charge is 0.317 e. The Kier molecular flexibility index (Phi) is 4.82. The molecule has 0 unspecified atom stereocenters. The second kappa shape index (κ2) is 6.43. The SMILES string of the molecule is CN(C(=O)NCCc1cccc(F)c1)[C@H]1CCS(=O)(=O)C1. The van der Waals surface area contributed by atoms with Gasteiger partial charge in [-0.15, -0.1) is 0 Å². The molecule has 1 aromatic carbocycles. The molecule has 1 saturated heterocycles. The van der Waals surface area contributed by atoms with E-state index in [0.717, 1.165) is 5.56 Å². The number of sulfone groups is 1. The average Bonchev–Trinajstić information content (AvgIpc) is 2.78. The first-order valence-electron chi connectivity index (χ1n) is 6.83. The van der Waals surface area contributed by atoms with Crippen LogP contribution in [0.4, 0.5) is 9.18 Å². The number of rotatable bonds is 4. The van der Waals surface area contributed by atoms with E-state index in [0.29, 0.717) is 19.4 Å². The normalized spacial score (nSPS) is 20.2. The van der Waals surface area contributed by atoms with E-state index in [-0.39, 0.29) is 29.4 Å². The van der Waals surface area contributed by atoms with Gasteiger partial charge >= 0.3 is 6.03 Å². The van der Waals surface area contributed by atoms with Crippen LogP contribution in [-0.4, -0.2) is 50.5 Å². The highest BCUT2D eigenvalue weighted by molar-refractivity contribution is 7.91. The number of carbonyl (C=O) groups is 1. The summed E-state index contributed by atoms with van der Waals surface area (Å²) >= 11 is 0. The van der Waals surface area contributed by atoms with Crippen LogP contribution in [0.15, 0.2) is 24.3 Å². The Morgan fingerprint density at radius 1 is 1.48 bits per heavy atom. The van der Waals surface area contributed by atoms with Crippen molar-refractivity contribution in [2.75, 3.05) is 25.1 Å². The van der Waals surface area contributed by atoms with E-state index in [9.17, 15) is 17.6 Å². The summed E-state index contributed by atoms with van der Waals surface area (Å²) in [7, 11) is -1.41. The van der Waals surface area contributed by atoms with E-state index in [1.165, 1.54) is 17.0 Å². The van der Waals surface area contributed by atoms with Gasteiger partial charge < -0.3 is 10.2 Å². The molecular formula is C14H19FN2O3S. The first kappa shape index (κ1) is 15.8. The zero-order valence-corrected chi connectivity index (χ0v) is 12.7. The summed E-state index contributed by atoms with van der Waals surface area (Å²) in [5, 5.41) is 2.72. The lowest BCUT2D eigenvalue weighted by molar-refractivity contribution is 0.195. The maximum absolute atomic E-state index is 13.0. The quantitative estimate of drug-likeness (QED) is 0.908. The van der Waals surface area contributed by atoms with E-state index < -0.39 is 9.84 Å². The van der Waals surface area contributed by atoms with Gasteiger partial charge in [0.25, 0.3) is 0 Å². The monoisotopic (exact) mass is 314 g/mol. The maximum Gasteiger partial charge on any atom is 0.317 e. The molecule has 2 rings (SSSR count). The molecule has 21 heavy (non-hydrogen) atoms. The molecule has 2 amide bonds. The molecule has 0 bridgehead atoms. The topological polar surface area (TPSA) is 66.5 Å². The lowest BCUT2D eigenvalue weighted by atomic mass is 10.1. The van der Waals surface area contributed by atoms with E-state index in [1.54, 1.807) is 19.2 Å². The summed E-state index contributed by atoms with van der Waals surface area (Å²) in [6, 6.07) is 5.66. The molecule has 1 aromatic rings. The van der Waals surface area contributed by atoms with Gasteiger partial charge in [-0.2, -0.15) is 0 Å². The van der Waals surface area contributed by atoms with Crippen molar-refractivity contribution in [3.05, 3.63) is 35.6 Å². The number of urea groups is 1.